The van der Waals surface area contributed by atoms with Gasteiger partial charge in [-0.15, -0.1) is 11.3 Å². The summed E-state index contributed by atoms with van der Waals surface area (Å²) in [5.41, 5.74) is 8.27. The second-order valence-electron chi connectivity index (χ2n) is 4.31. The van der Waals surface area contributed by atoms with Gasteiger partial charge in [0.2, 0.25) is 0 Å². The van der Waals surface area contributed by atoms with Crippen molar-refractivity contribution in [2.45, 2.75) is 25.8 Å². The van der Waals surface area contributed by atoms with Crippen LogP contribution >= 0.6 is 11.3 Å². The van der Waals surface area contributed by atoms with E-state index in [0.717, 1.165) is 16.9 Å². The highest BCUT2D eigenvalue weighted by Crippen LogP contribution is 2.19. The molecule has 0 aliphatic carbocycles. The van der Waals surface area contributed by atoms with E-state index < -0.39 is 6.04 Å². The van der Waals surface area contributed by atoms with Crippen molar-refractivity contribution in [1.29, 1.82) is 0 Å². The molecule has 1 aromatic heterocycles. The zero-order valence-electron chi connectivity index (χ0n) is 10.4. The molecular formula is C15H17NOS. The van der Waals surface area contributed by atoms with Crippen LogP contribution in [0, 0.1) is 0 Å². The van der Waals surface area contributed by atoms with Gasteiger partial charge >= 0.3 is 0 Å². The lowest BCUT2D eigenvalue weighted by atomic mass is 10.0. The molecule has 18 heavy (non-hydrogen) atoms. The lowest BCUT2D eigenvalue weighted by Gasteiger charge is -2.08. The zero-order valence-corrected chi connectivity index (χ0v) is 11.2. The number of carbonyl (C=O) groups is 1. The van der Waals surface area contributed by atoms with E-state index in [-0.39, 0.29) is 5.78 Å². The standard InChI is InChI=1S/C15H17NOS/c1-2-11-5-7-12(8-6-11)10-13(17)15(16)14-4-3-9-18-14/h3-9,15H,2,10,16H2,1H3. The van der Waals surface area contributed by atoms with Crippen molar-refractivity contribution in [3.05, 3.63) is 57.8 Å². The van der Waals surface area contributed by atoms with Crippen molar-refractivity contribution < 1.29 is 4.79 Å². The summed E-state index contributed by atoms with van der Waals surface area (Å²) < 4.78 is 0. The number of rotatable bonds is 5. The Labute approximate surface area is 111 Å². The van der Waals surface area contributed by atoms with Crippen LogP contribution in [0.3, 0.4) is 0 Å². The number of carbonyl (C=O) groups excluding carboxylic acids is 1. The molecule has 1 heterocycles. The molecule has 0 bridgehead atoms. The summed E-state index contributed by atoms with van der Waals surface area (Å²) in [5, 5.41) is 1.94. The Bertz CT molecular complexity index is 502. The Hall–Kier alpha value is -1.45. The van der Waals surface area contributed by atoms with Gasteiger partial charge in [-0.05, 0) is 29.0 Å². The predicted octanol–water partition coefficient (Wildman–Crippen LogP) is 3.12. The molecule has 2 nitrogen and oxygen atoms in total. The third-order valence-electron chi connectivity index (χ3n) is 3.01. The molecular weight excluding hydrogens is 242 g/mol. The van der Waals surface area contributed by atoms with Gasteiger partial charge in [0, 0.05) is 11.3 Å². The average Bonchev–Trinajstić information content (AvgIpc) is 2.92. The van der Waals surface area contributed by atoms with Crippen LogP contribution in [0.2, 0.25) is 0 Å². The van der Waals surface area contributed by atoms with E-state index in [0.29, 0.717) is 6.42 Å². The van der Waals surface area contributed by atoms with Gasteiger partial charge in [0.15, 0.2) is 5.78 Å². The quantitative estimate of drug-likeness (QED) is 0.896. The van der Waals surface area contributed by atoms with Gasteiger partial charge < -0.3 is 5.73 Å². The van der Waals surface area contributed by atoms with Crippen molar-refractivity contribution in [3.8, 4) is 0 Å². The van der Waals surface area contributed by atoms with Crippen LogP contribution in [0.25, 0.3) is 0 Å². The smallest absolute Gasteiger partial charge is 0.159 e. The molecule has 0 amide bonds. The number of Topliss-reactive ketones (excluding diaryl/α,β-unsaturated/α-hetero) is 1. The molecule has 2 N–H and O–H groups in total. The van der Waals surface area contributed by atoms with Crippen LogP contribution in [0.4, 0.5) is 0 Å². The van der Waals surface area contributed by atoms with Gasteiger partial charge in [-0.3, -0.25) is 4.79 Å². The molecule has 0 aliphatic rings. The topological polar surface area (TPSA) is 43.1 Å². The fraction of sp³-hybridized carbons (Fsp3) is 0.267. The molecule has 0 radical (unpaired) electrons. The molecule has 0 saturated carbocycles. The van der Waals surface area contributed by atoms with E-state index in [1.807, 2.05) is 29.6 Å². The maximum Gasteiger partial charge on any atom is 0.159 e. The Balaban J connectivity index is 2.02. The zero-order chi connectivity index (χ0) is 13.0. The molecule has 2 aromatic rings. The highest BCUT2D eigenvalue weighted by molar-refractivity contribution is 7.10. The van der Waals surface area contributed by atoms with E-state index in [9.17, 15) is 4.79 Å². The maximum absolute atomic E-state index is 12.0. The fourth-order valence-electron chi connectivity index (χ4n) is 1.83. The first-order valence-corrected chi connectivity index (χ1v) is 6.98. The molecule has 1 aromatic carbocycles. The Morgan fingerprint density at radius 2 is 1.89 bits per heavy atom. The summed E-state index contributed by atoms with van der Waals surface area (Å²) in [6, 6.07) is 11.5. The minimum Gasteiger partial charge on any atom is -0.317 e. The summed E-state index contributed by atoms with van der Waals surface area (Å²) in [7, 11) is 0. The SMILES string of the molecule is CCc1ccc(CC(=O)C(N)c2cccs2)cc1. The third kappa shape index (κ3) is 3.06. The van der Waals surface area contributed by atoms with Gasteiger partial charge in [0.05, 0.1) is 6.04 Å². The Morgan fingerprint density at radius 1 is 1.22 bits per heavy atom. The summed E-state index contributed by atoms with van der Waals surface area (Å²) in [6.45, 7) is 2.12. The maximum atomic E-state index is 12.0. The van der Waals surface area contributed by atoms with E-state index in [4.69, 9.17) is 5.73 Å². The van der Waals surface area contributed by atoms with Crippen LogP contribution in [-0.2, 0) is 17.6 Å². The van der Waals surface area contributed by atoms with E-state index in [2.05, 4.69) is 19.1 Å². The first kappa shape index (κ1) is 13.0. The molecule has 3 heteroatoms. The summed E-state index contributed by atoms with van der Waals surface area (Å²) in [6.07, 6.45) is 1.42. The van der Waals surface area contributed by atoms with Gasteiger partial charge in [0.1, 0.15) is 0 Å². The average molecular weight is 259 g/mol. The fourth-order valence-corrected chi connectivity index (χ4v) is 2.58. The first-order valence-electron chi connectivity index (χ1n) is 6.10. The van der Waals surface area contributed by atoms with Crippen LogP contribution in [0.15, 0.2) is 41.8 Å². The lowest BCUT2D eigenvalue weighted by molar-refractivity contribution is -0.119. The number of nitrogens with two attached hydrogens (primary N) is 1. The third-order valence-corrected chi connectivity index (χ3v) is 3.96. The van der Waals surface area contributed by atoms with Gasteiger partial charge in [0.25, 0.3) is 0 Å². The summed E-state index contributed by atoms with van der Waals surface area (Å²) in [4.78, 5) is 13.0. The number of ketones is 1. The number of hydrogen-bond donors (Lipinski definition) is 1. The van der Waals surface area contributed by atoms with Crippen molar-refractivity contribution in [1.82, 2.24) is 0 Å². The van der Waals surface area contributed by atoms with Crippen molar-refractivity contribution in [2.24, 2.45) is 5.73 Å². The monoisotopic (exact) mass is 259 g/mol. The lowest BCUT2D eigenvalue weighted by Crippen LogP contribution is -2.22. The first-order chi connectivity index (χ1) is 8.70. The highest BCUT2D eigenvalue weighted by Gasteiger charge is 2.16. The molecule has 1 unspecified atom stereocenters. The normalized spacial score (nSPS) is 12.3. The number of benzene rings is 1. The van der Waals surface area contributed by atoms with E-state index in [1.54, 1.807) is 0 Å². The molecule has 0 aliphatic heterocycles. The van der Waals surface area contributed by atoms with E-state index in [1.165, 1.54) is 16.9 Å². The van der Waals surface area contributed by atoms with Crippen LogP contribution in [0.5, 0.6) is 0 Å². The predicted molar refractivity (Wildman–Crippen MR) is 75.8 cm³/mol. The summed E-state index contributed by atoms with van der Waals surface area (Å²) >= 11 is 1.53. The Kier molecular flexibility index (Phi) is 4.28. The largest absolute Gasteiger partial charge is 0.317 e. The van der Waals surface area contributed by atoms with Gasteiger partial charge in [-0.25, -0.2) is 0 Å². The minimum absolute atomic E-state index is 0.0710. The second kappa shape index (κ2) is 5.94. The Morgan fingerprint density at radius 3 is 2.44 bits per heavy atom. The molecule has 1 atom stereocenters. The summed E-state index contributed by atoms with van der Waals surface area (Å²) in [5.74, 6) is 0.0710. The highest BCUT2D eigenvalue weighted by atomic mass is 32.1. The number of hydrogen-bond acceptors (Lipinski definition) is 3. The van der Waals surface area contributed by atoms with Crippen LogP contribution < -0.4 is 5.73 Å². The second-order valence-corrected chi connectivity index (χ2v) is 5.29. The number of thiophene rings is 1. The molecule has 0 fully saturated rings. The molecule has 94 valence electrons. The van der Waals surface area contributed by atoms with Crippen LogP contribution in [0.1, 0.15) is 29.0 Å². The van der Waals surface area contributed by atoms with Crippen molar-refractivity contribution in [2.75, 3.05) is 0 Å². The van der Waals surface area contributed by atoms with E-state index >= 15 is 0 Å². The number of aryl methyl sites for hydroxylation is 1. The van der Waals surface area contributed by atoms with Crippen molar-refractivity contribution in [3.63, 3.8) is 0 Å². The minimum atomic E-state index is -0.490. The van der Waals surface area contributed by atoms with Gasteiger partial charge in [-0.1, -0.05) is 37.3 Å². The van der Waals surface area contributed by atoms with Crippen molar-refractivity contribution >= 4 is 17.1 Å². The molecule has 0 spiro atoms. The van der Waals surface area contributed by atoms with Gasteiger partial charge in [-0.2, -0.15) is 0 Å². The molecule has 2 rings (SSSR count). The van der Waals surface area contributed by atoms with Crippen LogP contribution in [-0.4, -0.2) is 5.78 Å². The molecule has 0 saturated heterocycles.